The Bertz CT molecular complexity index is 642. The van der Waals surface area contributed by atoms with Crippen LogP contribution in [0.1, 0.15) is 4.88 Å². The number of hydrogen-bond donors (Lipinski definition) is 2. The third-order valence-corrected chi connectivity index (χ3v) is 5.58. The van der Waals surface area contributed by atoms with Crippen LogP contribution >= 0.6 is 27.3 Å². The van der Waals surface area contributed by atoms with Gasteiger partial charge in [-0.1, -0.05) is 0 Å². The SMILES string of the molecule is O=S(=O)(Nc1cncnc1)c1cc(CO)sc1Br. The Morgan fingerprint density at radius 1 is 1.39 bits per heavy atom. The molecule has 0 spiro atoms. The Morgan fingerprint density at radius 2 is 2.06 bits per heavy atom. The minimum atomic E-state index is -3.71. The van der Waals surface area contributed by atoms with Crippen molar-refractivity contribution in [2.75, 3.05) is 4.72 Å². The summed E-state index contributed by atoms with van der Waals surface area (Å²) in [4.78, 5) is 8.08. The number of anilines is 1. The molecule has 0 aliphatic heterocycles. The van der Waals surface area contributed by atoms with Crippen molar-refractivity contribution in [2.45, 2.75) is 11.5 Å². The maximum atomic E-state index is 12.1. The summed E-state index contributed by atoms with van der Waals surface area (Å²) in [5.41, 5.74) is 0.279. The molecule has 0 bridgehead atoms. The van der Waals surface area contributed by atoms with Gasteiger partial charge in [-0.05, 0) is 22.0 Å². The summed E-state index contributed by atoms with van der Waals surface area (Å²) in [6.45, 7) is -0.201. The van der Waals surface area contributed by atoms with Gasteiger partial charge in [0.1, 0.15) is 11.2 Å². The highest BCUT2D eigenvalue weighted by Gasteiger charge is 2.21. The summed E-state index contributed by atoms with van der Waals surface area (Å²) in [7, 11) is -3.71. The van der Waals surface area contributed by atoms with Crippen molar-refractivity contribution in [2.24, 2.45) is 0 Å². The Labute approximate surface area is 116 Å². The number of rotatable bonds is 4. The van der Waals surface area contributed by atoms with Crippen molar-refractivity contribution in [3.63, 3.8) is 0 Å². The van der Waals surface area contributed by atoms with Gasteiger partial charge in [0.15, 0.2) is 0 Å². The van der Waals surface area contributed by atoms with E-state index in [1.165, 1.54) is 36.1 Å². The lowest BCUT2D eigenvalue weighted by Crippen LogP contribution is -2.12. The van der Waals surface area contributed by atoms with Crippen LogP contribution in [0.25, 0.3) is 0 Å². The molecule has 0 fully saturated rings. The molecular formula is C9H8BrN3O3S2. The van der Waals surface area contributed by atoms with Gasteiger partial charge in [-0.25, -0.2) is 18.4 Å². The zero-order valence-corrected chi connectivity index (χ0v) is 12.1. The Hall–Kier alpha value is -1.03. The first kappa shape index (κ1) is 13.4. The number of aliphatic hydroxyl groups excluding tert-OH is 1. The summed E-state index contributed by atoms with van der Waals surface area (Å²) < 4.78 is 27.0. The van der Waals surface area contributed by atoms with Gasteiger partial charge in [0.05, 0.1) is 28.5 Å². The molecule has 0 unspecified atom stereocenters. The van der Waals surface area contributed by atoms with Crippen LogP contribution in [0.3, 0.4) is 0 Å². The van der Waals surface area contributed by atoms with Crippen LogP contribution in [-0.4, -0.2) is 23.5 Å². The molecule has 0 aliphatic rings. The van der Waals surface area contributed by atoms with Gasteiger partial charge < -0.3 is 5.11 Å². The quantitative estimate of drug-likeness (QED) is 0.874. The number of sulfonamides is 1. The number of hydrogen-bond acceptors (Lipinski definition) is 6. The molecule has 18 heavy (non-hydrogen) atoms. The van der Waals surface area contributed by atoms with Gasteiger partial charge in [-0.15, -0.1) is 11.3 Å². The first-order valence-corrected chi connectivity index (χ1v) is 7.79. The third kappa shape index (κ3) is 2.86. The van der Waals surface area contributed by atoms with Crippen molar-refractivity contribution < 1.29 is 13.5 Å². The second-order valence-corrected chi connectivity index (χ2v) is 7.35. The van der Waals surface area contributed by atoms with Crippen molar-refractivity contribution in [3.8, 4) is 0 Å². The van der Waals surface area contributed by atoms with E-state index in [-0.39, 0.29) is 17.2 Å². The van der Waals surface area contributed by atoms with Gasteiger partial charge in [-0.3, -0.25) is 4.72 Å². The molecule has 0 aliphatic carbocycles. The molecule has 0 atom stereocenters. The molecule has 6 nitrogen and oxygen atoms in total. The van der Waals surface area contributed by atoms with Crippen LogP contribution in [0.5, 0.6) is 0 Å². The number of nitrogens with one attached hydrogen (secondary N) is 1. The van der Waals surface area contributed by atoms with E-state index < -0.39 is 10.0 Å². The number of thiophene rings is 1. The van der Waals surface area contributed by atoms with Crippen molar-refractivity contribution in [1.82, 2.24) is 9.97 Å². The van der Waals surface area contributed by atoms with Gasteiger partial charge in [-0.2, -0.15) is 0 Å². The number of nitrogens with zero attached hydrogens (tertiary/aromatic N) is 2. The van der Waals surface area contributed by atoms with Gasteiger partial charge >= 0.3 is 0 Å². The summed E-state index contributed by atoms with van der Waals surface area (Å²) in [6.07, 6.45) is 4.03. The lowest BCUT2D eigenvalue weighted by Gasteiger charge is -2.05. The third-order valence-electron chi connectivity index (χ3n) is 1.96. The van der Waals surface area contributed by atoms with Gasteiger partial charge in [0, 0.05) is 4.88 Å². The zero-order chi connectivity index (χ0) is 13.2. The van der Waals surface area contributed by atoms with Crippen LogP contribution in [-0.2, 0) is 16.6 Å². The average molecular weight is 350 g/mol. The number of halogens is 1. The molecule has 2 N–H and O–H groups in total. The van der Waals surface area contributed by atoms with Crippen LogP contribution in [0.15, 0.2) is 33.5 Å². The average Bonchev–Trinajstić information content (AvgIpc) is 2.72. The predicted molar refractivity (Wildman–Crippen MR) is 70.8 cm³/mol. The van der Waals surface area contributed by atoms with E-state index in [2.05, 4.69) is 30.6 Å². The second kappa shape index (κ2) is 5.31. The molecule has 2 heterocycles. The fraction of sp³-hybridized carbons (Fsp3) is 0.111. The van der Waals surface area contributed by atoms with Crippen molar-refractivity contribution in [3.05, 3.63) is 33.5 Å². The first-order chi connectivity index (χ1) is 8.53. The minimum absolute atomic E-state index is 0.0837. The number of aromatic nitrogens is 2. The van der Waals surface area contributed by atoms with Gasteiger partial charge in [0.2, 0.25) is 0 Å². The second-order valence-electron chi connectivity index (χ2n) is 3.24. The summed E-state index contributed by atoms with van der Waals surface area (Å²) >= 11 is 4.33. The standard InChI is InChI=1S/C9H8BrN3O3S2/c10-9-8(1-7(4-14)17-9)18(15,16)13-6-2-11-5-12-3-6/h1-3,5,13-14H,4H2. The van der Waals surface area contributed by atoms with E-state index in [1.807, 2.05) is 0 Å². The van der Waals surface area contributed by atoms with E-state index in [0.29, 0.717) is 8.66 Å². The lowest BCUT2D eigenvalue weighted by atomic mass is 10.5. The highest BCUT2D eigenvalue weighted by atomic mass is 79.9. The lowest BCUT2D eigenvalue weighted by molar-refractivity contribution is 0.285. The molecule has 0 radical (unpaired) electrons. The molecule has 0 aromatic carbocycles. The van der Waals surface area contributed by atoms with Gasteiger partial charge in [0.25, 0.3) is 10.0 Å². The smallest absolute Gasteiger partial charge is 0.263 e. The summed E-state index contributed by atoms with van der Waals surface area (Å²) in [6, 6.07) is 1.42. The van der Waals surface area contributed by atoms with E-state index in [1.54, 1.807) is 0 Å². The number of aliphatic hydroxyl groups is 1. The molecule has 0 amide bonds. The fourth-order valence-corrected chi connectivity index (χ4v) is 4.79. The molecule has 96 valence electrons. The normalized spacial score (nSPS) is 11.4. The molecule has 2 aromatic rings. The molecule has 2 rings (SSSR count). The van der Waals surface area contributed by atoms with E-state index in [9.17, 15) is 8.42 Å². The molecule has 2 aromatic heterocycles. The van der Waals surface area contributed by atoms with Crippen molar-refractivity contribution >= 4 is 43.0 Å². The maximum absolute atomic E-state index is 12.1. The fourth-order valence-electron chi connectivity index (χ4n) is 1.22. The van der Waals surface area contributed by atoms with E-state index >= 15 is 0 Å². The highest BCUT2D eigenvalue weighted by Crippen LogP contribution is 2.32. The predicted octanol–water partition coefficient (Wildman–Crippen LogP) is 1.59. The van der Waals surface area contributed by atoms with E-state index in [4.69, 9.17) is 5.11 Å². The molecule has 0 saturated heterocycles. The van der Waals surface area contributed by atoms with Crippen LogP contribution in [0, 0.1) is 0 Å². The van der Waals surface area contributed by atoms with Crippen LogP contribution in [0.2, 0.25) is 0 Å². The Morgan fingerprint density at radius 3 is 2.61 bits per heavy atom. The first-order valence-electron chi connectivity index (χ1n) is 4.70. The summed E-state index contributed by atoms with van der Waals surface area (Å²) in [5, 5.41) is 8.99. The topological polar surface area (TPSA) is 92.2 Å². The minimum Gasteiger partial charge on any atom is -0.391 e. The maximum Gasteiger partial charge on any atom is 0.263 e. The molecule has 9 heteroatoms. The Balaban J connectivity index is 2.34. The molecule has 0 saturated carbocycles. The Kier molecular flexibility index (Phi) is 3.95. The van der Waals surface area contributed by atoms with Crippen LogP contribution < -0.4 is 4.72 Å². The summed E-state index contributed by atoms with van der Waals surface area (Å²) in [5.74, 6) is 0. The zero-order valence-electron chi connectivity index (χ0n) is 8.87. The molecular weight excluding hydrogens is 342 g/mol. The largest absolute Gasteiger partial charge is 0.391 e. The van der Waals surface area contributed by atoms with Crippen LogP contribution in [0.4, 0.5) is 5.69 Å². The monoisotopic (exact) mass is 349 g/mol. The van der Waals surface area contributed by atoms with Crippen molar-refractivity contribution in [1.29, 1.82) is 0 Å². The van der Waals surface area contributed by atoms with E-state index in [0.717, 1.165) is 0 Å². The highest BCUT2D eigenvalue weighted by molar-refractivity contribution is 9.11.